The van der Waals surface area contributed by atoms with Gasteiger partial charge in [0.2, 0.25) is 11.9 Å². The molecule has 5 heterocycles. The first-order chi connectivity index (χ1) is 14.6. The lowest BCUT2D eigenvalue weighted by molar-refractivity contribution is -0.122. The molecule has 3 fully saturated rings. The second kappa shape index (κ2) is 6.32. The van der Waals surface area contributed by atoms with Gasteiger partial charge in [-0.3, -0.25) is 9.69 Å². The molecule has 1 saturated carbocycles. The number of anilines is 4. The van der Waals surface area contributed by atoms with Crippen molar-refractivity contribution in [1.29, 1.82) is 0 Å². The summed E-state index contributed by atoms with van der Waals surface area (Å²) in [5.41, 5.74) is 6.79. The predicted molar refractivity (Wildman–Crippen MR) is 107 cm³/mol. The van der Waals surface area contributed by atoms with Gasteiger partial charge in [-0.25, -0.2) is 19.9 Å². The van der Waals surface area contributed by atoms with Crippen LogP contribution in [-0.2, 0) is 21.6 Å². The smallest absolute Gasteiger partial charge is 0.243 e. The van der Waals surface area contributed by atoms with E-state index in [9.17, 15) is 9.90 Å². The van der Waals surface area contributed by atoms with Crippen molar-refractivity contribution in [2.75, 3.05) is 28.7 Å². The summed E-state index contributed by atoms with van der Waals surface area (Å²) < 4.78 is 5.65. The van der Waals surface area contributed by atoms with Crippen LogP contribution in [0.1, 0.15) is 43.5 Å². The van der Waals surface area contributed by atoms with Crippen LogP contribution in [0, 0.1) is 0 Å². The first kappa shape index (κ1) is 18.0. The molecule has 3 aliphatic heterocycles. The van der Waals surface area contributed by atoms with Gasteiger partial charge in [0.1, 0.15) is 18.2 Å². The second-order valence-corrected chi connectivity index (χ2v) is 8.55. The molecule has 0 radical (unpaired) electrons. The maximum atomic E-state index is 13.6. The molecule has 30 heavy (non-hydrogen) atoms. The maximum absolute atomic E-state index is 13.6. The molecule has 2 aromatic rings. The zero-order valence-corrected chi connectivity index (χ0v) is 16.5. The van der Waals surface area contributed by atoms with Gasteiger partial charge in [0, 0.05) is 6.54 Å². The molecule has 6 rings (SSSR count). The van der Waals surface area contributed by atoms with Crippen LogP contribution in [0.25, 0.3) is 0 Å². The lowest BCUT2D eigenvalue weighted by Gasteiger charge is -2.27. The number of amides is 1. The Kier molecular flexibility index (Phi) is 3.79. The van der Waals surface area contributed by atoms with Gasteiger partial charge >= 0.3 is 0 Å². The highest BCUT2D eigenvalue weighted by atomic mass is 16.5. The van der Waals surface area contributed by atoms with Crippen molar-refractivity contribution in [1.82, 2.24) is 19.9 Å². The summed E-state index contributed by atoms with van der Waals surface area (Å²) in [6, 6.07) is 0.316. The summed E-state index contributed by atoms with van der Waals surface area (Å²) in [5, 5.41) is 9.56. The molecule has 1 aliphatic carbocycles. The standard InChI is InChI=1S/C20H23N7O3/c21-16-15-17(25-14(9-28)24-16)27(18(29)20(15)3-1-2-4-20)12-6-22-19(23-7-12)26-8-13-5-11(26)10-30-13/h6-7,11,13,28H,1-5,8-10H2,(H2,21,24,25). The number of aromatic nitrogens is 4. The number of fused-ring (bicyclic) bond motifs is 4. The van der Waals surface area contributed by atoms with Crippen molar-refractivity contribution in [2.24, 2.45) is 0 Å². The van der Waals surface area contributed by atoms with Crippen LogP contribution < -0.4 is 15.5 Å². The Hall–Kier alpha value is -2.85. The Morgan fingerprint density at radius 3 is 2.63 bits per heavy atom. The number of aliphatic hydroxyl groups excluding tert-OH is 1. The molecule has 2 saturated heterocycles. The second-order valence-electron chi connectivity index (χ2n) is 8.55. The number of aliphatic hydroxyl groups is 1. The molecule has 4 aliphatic rings. The van der Waals surface area contributed by atoms with E-state index in [0.29, 0.717) is 35.7 Å². The van der Waals surface area contributed by atoms with Crippen LogP contribution in [0.15, 0.2) is 12.4 Å². The van der Waals surface area contributed by atoms with Crippen LogP contribution in [0.4, 0.5) is 23.3 Å². The van der Waals surface area contributed by atoms with Gasteiger partial charge in [-0.2, -0.15) is 0 Å². The summed E-state index contributed by atoms with van der Waals surface area (Å²) in [7, 11) is 0. The summed E-state index contributed by atoms with van der Waals surface area (Å²) >= 11 is 0. The van der Waals surface area contributed by atoms with Gasteiger partial charge in [0.25, 0.3) is 0 Å². The van der Waals surface area contributed by atoms with Crippen molar-refractivity contribution in [3.05, 3.63) is 23.8 Å². The summed E-state index contributed by atoms with van der Waals surface area (Å²) in [6.45, 7) is 1.15. The highest BCUT2D eigenvalue weighted by molar-refractivity contribution is 6.13. The fourth-order valence-corrected chi connectivity index (χ4v) is 5.53. The number of hydrogen-bond acceptors (Lipinski definition) is 9. The van der Waals surface area contributed by atoms with Crippen molar-refractivity contribution in [3.63, 3.8) is 0 Å². The van der Waals surface area contributed by atoms with Gasteiger partial charge < -0.3 is 20.5 Å². The summed E-state index contributed by atoms with van der Waals surface area (Å²) in [4.78, 5) is 35.2. The van der Waals surface area contributed by atoms with E-state index in [1.807, 2.05) is 0 Å². The van der Waals surface area contributed by atoms with Gasteiger partial charge in [0.05, 0.1) is 47.8 Å². The normalized spacial score (nSPS) is 26.2. The van der Waals surface area contributed by atoms with Crippen LogP contribution in [-0.4, -0.2) is 56.2 Å². The van der Waals surface area contributed by atoms with Crippen molar-refractivity contribution in [2.45, 2.75) is 56.3 Å². The molecule has 2 unspecified atom stereocenters. The number of nitrogens with two attached hydrogens (primary N) is 1. The van der Waals surface area contributed by atoms with Crippen molar-refractivity contribution in [3.8, 4) is 0 Å². The number of ether oxygens (including phenoxy) is 1. The topological polar surface area (TPSA) is 131 Å². The van der Waals surface area contributed by atoms with E-state index in [4.69, 9.17) is 10.5 Å². The average Bonchev–Trinajstić information content (AvgIpc) is 3.54. The van der Waals surface area contributed by atoms with Crippen molar-refractivity contribution >= 4 is 29.2 Å². The quantitative estimate of drug-likeness (QED) is 0.756. The minimum atomic E-state index is -0.697. The van der Waals surface area contributed by atoms with Gasteiger partial charge in [0.15, 0.2) is 5.82 Å². The zero-order valence-electron chi connectivity index (χ0n) is 16.5. The number of hydrogen-bond donors (Lipinski definition) is 2. The third kappa shape index (κ3) is 2.34. The lowest BCUT2D eigenvalue weighted by Crippen LogP contribution is -2.38. The number of nitrogen functional groups attached to an aromatic ring is 1. The predicted octanol–water partition coefficient (Wildman–Crippen LogP) is 0.809. The molecule has 10 heteroatoms. The Morgan fingerprint density at radius 1 is 1.23 bits per heavy atom. The molecule has 0 aromatic carbocycles. The Balaban J connectivity index is 1.41. The van der Waals surface area contributed by atoms with E-state index < -0.39 is 5.41 Å². The number of rotatable bonds is 3. The SMILES string of the molecule is Nc1nc(CO)nc2c1C1(CCCC1)C(=O)N2c1cnc(N2CC3CC2CO3)nc1. The van der Waals surface area contributed by atoms with E-state index in [-0.39, 0.29) is 30.3 Å². The lowest BCUT2D eigenvalue weighted by atomic mass is 9.80. The number of carbonyl (C=O) groups is 1. The Bertz CT molecular complexity index is 1020. The molecule has 156 valence electrons. The van der Waals surface area contributed by atoms with Crippen LogP contribution in [0.3, 0.4) is 0 Å². The van der Waals surface area contributed by atoms with Crippen LogP contribution in [0.5, 0.6) is 0 Å². The zero-order chi connectivity index (χ0) is 20.5. The minimum absolute atomic E-state index is 0.0592. The van der Waals surface area contributed by atoms with Gasteiger partial charge in [-0.05, 0) is 19.3 Å². The van der Waals surface area contributed by atoms with Gasteiger partial charge in [-0.15, -0.1) is 0 Å². The Labute approximate surface area is 173 Å². The average molecular weight is 409 g/mol. The monoisotopic (exact) mass is 409 g/mol. The van der Waals surface area contributed by atoms with E-state index >= 15 is 0 Å². The summed E-state index contributed by atoms with van der Waals surface area (Å²) in [6.07, 6.45) is 7.94. The molecule has 1 spiro atoms. The molecular weight excluding hydrogens is 386 g/mol. The Morgan fingerprint density at radius 2 is 2.00 bits per heavy atom. The molecule has 2 bridgehead atoms. The molecule has 1 amide bonds. The third-order valence-corrected chi connectivity index (χ3v) is 6.91. The first-order valence-electron chi connectivity index (χ1n) is 10.4. The fourth-order valence-electron chi connectivity index (χ4n) is 5.53. The number of nitrogens with zero attached hydrogens (tertiary/aromatic N) is 6. The van der Waals surface area contributed by atoms with E-state index in [1.54, 1.807) is 17.3 Å². The van der Waals surface area contributed by atoms with E-state index in [2.05, 4.69) is 24.8 Å². The highest BCUT2D eigenvalue weighted by Gasteiger charge is 2.55. The van der Waals surface area contributed by atoms with Crippen LogP contribution >= 0.6 is 0 Å². The summed E-state index contributed by atoms with van der Waals surface area (Å²) in [5.74, 6) is 1.51. The molecular formula is C20H23N7O3. The van der Waals surface area contributed by atoms with Gasteiger partial charge in [-0.1, -0.05) is 12.8 Å². The number of carbonyl (C=O) groups excluding carboxylic acids is 1. The highest BCUT2D eigenvalue weighted by Crippen LogP contribution is 2.54. The largest absolute Gasteiger partial charge is 0.388 e. The molecule has 2 aromatic heterocycles. The maximum Gasteiger partial charge on any atom is 0.243 e. The molecule has 3 N–H and O–H groups in total. The van der Waals surface area contributed by atoms with Crippen molar-refractivity contribution < 1.29 is 14.6 Å². The van der Waals surface area contributed by atoms with Crippen LogP contribution in [0.2, 0.25) is 0 Å². The van der Waals surface area contributed by atoms with E-state index in [1.165, 1.54) is 0 Å². The fraction of sp³-hybridized carbons (Fsp3) is 0.550. The first-order valence-corrected chi connectivity index (χ1v) is 10.4. The van der Waals surface area contributed by atoms with E-state index in [0.717, 1.165) is 38.6 Å². The molecule has 10 nitrogen and oxygen atoms in total. The minimum Gasteiger partial charge on any atom is -0.388 e. The third-order valence-electron chi connectivity index (χ3n) is 6.91. The number of morpholine rings is 1. The molecule has 2 atom stereocenters.